The Morgan fingerprint density at radius 3 is 2.95 bits per heavy atom. The molecule has 0 aromatic heterocycles. The molecule has 1 aromatic carbocycles. The second-order valence-corrected chi connectivity index (χ2v) is 6.66. The minimum absolute atomic E-state index is 0.660. The first-order valence-corrected chi connectivity index (χ1v) is 8.73. The van der Waals surface area contributed by atoms with Gasteiger partial charge in [0, 0.05) is 22.7 Å². The van der Waals surface area contributed by atoms with Crippen LogP contribution in [0.1, 0.15) is 32.1 Å². The van der Waals surface area contributed by atoms with Crippen molar-refractivity contribution in [3.63, 3.8) is 0 Å². The minimum atomic E-state index is 0.660. The van der Waals surface area contributed by atoms with E-state index < -0.39 is 0 Å². The molecule has 0 radical (unpaired) electrons. The van der Waals surface area contributed by atoms with Crippen LogP contribution in [-0.4, -0.2) is 24.9 Å². The van der Waals surface area contributed by atoms with Crippen LogP contribution in [-0.2, 0) is 0 Å². The fourth-order valence-corrected chi connectivity index (χ4v) is 4.11. The van der Waals surface area contributed by atoms with Crippen LogP contribution in [0.15, 0.2) is 29.2 Å². The van der Waals surface area contributed by atoms with Gasteiger partial charge in [-0.1, -0.05) is 12.5 Å². The van der Waals surface area contributed by atoms with Crippen molar-refractivity contribution in [1.82, 2.24) is 5.32 Å². The van der Waals surface area contributed by atoms with Crippen molar-refractivity contribution in [2.45, 2.75) is 49.1 Å². The van der Waals surface area contributed by atoms with E-state index in [4.69, 9.17) is 0 Å². The largest absolute Gasteiger partial charge is 0.382 e. The van der Waals surface area contributed by atoms with Crippen molar-refractivity contribution < 1.29 is 0 Å². The van der Waals surface area contributed by atoms with Gasteiger partial charge < -0.3 is 10.6 Å². The number of hydrogen-bond acceptors (Lipinski definition) is 3. The summed E-state index contributed by atoms with van der Waals surface area (Å²) in [6.07, 6.45) is 8.95. The topological polar surface area (TPSA) is 24.1 Å². The van der Waals surface area contributed by atoms with Gasteiger partial charge in [0.1, 0.15) is 0 Å². The Kier molecular flexibility index (Phi) is 4.34. The molecule has 3 heteroatoms. The van der Waals surface area contributed by atoms with Crippen LogP contribution in [0.5, 0.6) is 0 Å². The SMILES string of the molecule is CSc1cccc(NC2CCCC2C2CCCN2)c1. The predicted molar refractivity (Wildman–Crippen MR) is 84.0 cm³/mol. The number of rotatable bonds is 4. The number of benzene rings is 1. The average molecular weight is 276 g/mol. The Hall–Kier alpha value is -0.670. The molecule has 2 aliphatic rings. The molecule has 3 atom stereocenters. The van der Waals surface area contributed by atoms with Crippen molar-refractivity contribution in [3.05, 3.63) is 24.3 Å². The number of hydrogen-bond donors (Lipinski definition) is 2. The Labute approximate surface area is 120 Å². The standard InChI is InChI=1S/C16H24N2S/c1-19-13-6-2-5-12(11-13)18-16-8-3-7-14(16)15-9-4-10-17-15/h2,5-6,11,14-18H,3-4,7-10H2,1H3. The monoisotopic (exact) mass is 276 g/mol. The van der Waals surface area contributed by atoms with Crippen molar-refractivity contribution in [3.8, 4) is 0 Å². The fourth-order valence-electron chi connectivity index (χ4n) is 3.65. The molecule has 1 saturated carbocycles. The van der Waals surface area contributed by atoms with Crippen molar-refractivity contribution >= 4 is 17.4 Å². The lowest BCUT2D eigenvalue weighted by atomic mass is 9.93. The number of nitrogens with one attached hydrogen (secondary N) is 2. The smallest absolute Gasteiger partial charge is 0.0353 e. The highest BCUT2D eigenvalue weighted by Gasteiger charge is 2.34. The highest BCUT2D eigenvalue weighted by atomic mass is 32.2. The molecule has 1 aliphatic carbocycles. The van der Waals surface area contributed by atoms with Crippen LogP contribution < -0.4 is 10.6 Å². The van der Waals surface area contributed by atoms with Gasteiger partial charge >= 0.3 is 0 Å². The molecule has 0 bridgehead atoms. The molecule has 1 heterocycles. The van der Waals surface area contributed by atoms with Crippen LogP contribution >= 0.6 is 11.8 Å². The molecule has 0 spiro atoms. The zero-order valence-electron chi connectivity index (χ0n) is 11.7. The highest BCUT2D eigenvalue weighted by Crippen LogP contribution is 2.34. The van der Waals surface area contributed by atoms with E-state index in [2.05, 4.69) is 41.2 Å². The van der Waals surface area contributed by atoms with Crippen LogP contribution in [0.4, 0.5) is 5.69 Å². The Morgan fingerprint density at radius 2 is 2.16 bits per heavy atom. The summed E-state index contributed by atoms with van der Waals surface area (Å²) >= 11 is 1.81. The predicted octanol–water partition coefficient (Wildman–Crippen LogP) is 3.74. The van der Waals surface area contributed by atoms with E-state index in [9.17, 15) is 0 Å². The van der Waals surface area contributed by atoms with Crippen molar-refractivity contribution in [2.75, 3.05) is 18.1 Å². The molecule has 2 nitrogen and oxygen atoms in total. The van der Waals surface area contributed by atoms with Crippen molar-refractivity contribution in [1.29, 1.82) is 0 Å². The van der Waals surface area contributed by atoms with Gasteiger partial charge in [0.2, 0.25) is 0 Å². The van der Waals surface area contributed by atoms with Crippen molar-refractivity contribution in [2.24, 2.45) is 5.92 Å². The van der Waals surface area contributed by atoms with Gasteiger partial charge in [0.15, 0.2) is 0 Å². The van der Waals surface area contributed by atoms with Gasteiger partial charge in [0.25, 0.3) is 0 Å². The van der Waals surface area contributed by atoms with Crippen LogP contribution in [0.2, 0.25) is 0 Å². The van der Waals surface area contributed by atoms with E-state index in [0.29, 0.717) is 6.04 Å². The highest BCUT2D eigenvalue weighted by molar-refractivity contribution is 7.98. The summed E-state index contributed by atoms with van der Waals surface area (Å²) in [5.41, 5.74) is 1.29. The lowest BCUT2D eigenvalue weighted by molar-refractivity contribution is 0.376. The average Bonchev–Trinajstić information content (AvgIpc) is 3.09. The summed E-state index contributed by atoms with van der Waals surface area (Å²) in [5.74, 6) is 0.820. The zero-order valence-corrected chi connectivity index (χ0v) is 12.5. The molecular weight excluding hydrogens is 252 g/mol. The number of anilines is 1. The van der Waals surface area contributed by atoms with E-state index in [1.54, 1.807) is 0 Å². The van der Waals surface area contributed by atoms with Crippen LogP contribution in [0.3, 0.4) is 0 Å². The summed E-state index contributed by atoms with van der Waals surface area (Å²) in [6.45, 7) is 1.22. The summed E-state index contributed by atoms with van der Waals surface area (Å²) in [5, 5.41) is 7.48. The summed E-state index contributed by atoms with van der Waals surface area (Å²) in [7, 11) is 0. The van der Waals surface area contributed by atoms with E-state index in [-0.39, 0.29) is 0 Å². The van der Waals surface area contributed by atoms with Gasteiger partial charge in [-0.25, -0.2) is 0 Å². The summed E-state index contributed by atoms with van der Waals surface area (Å²) in [4.78, 5) is 1.35. The first-order chi connectivity index (χ1) is 9.36. The Balaban J connectivity index is 1.67. The van der Waals surface area contributed by atoms with Gasteiger partial charge in [-0.05, 0) is 62.6 Å². The van der Waals surface area contributed by atoms with E-state index >= 15 is 0 Å². The molecular formula is C16H24N2S. The van der Waals surface area contributed by atoms with Gasteiger partial charge in [-0.3, -0.25) is 0 Å². The lowest BCUT2D eigenvalue weighted by Gasteiger charge is -2.27. The molecule has 2 N–H and O–H groups in total. The summed E-state index contributed by atoms with van der Waals surface area (Å²) in [6, 6.07) is 10.2. The van der Waals surface area contributed by atoms with Gasteiger partial charge in [0.05, 0.1) is 0 Å². The first kappa shape index (κ1) is 13.3. The molecule has 3 rings (SSSR count). The van der Waals surface area contributed by atoms with Gasteiger partial charge in [-0.2, -0.15) is 0 Å². The summed E-state index contributed by atoms with van der Waals surface area (Å²) < 4.78 is 0. The maximum absolute atomic E-state index is 3.79. The number of thioether (sulfide) groups is 1. The molecule has 2 fully saturated rings. The van der Waals surface area contributed by atoms with Gasteiger partial charge in [-0.15, -0.1) is 11.8 Å². The van der Waals surface area contributed by atoms with E-state index in [1.165, 1.54) is 49.2 Å². The second kappa shape index (κ2) is 6.19. The third kappa shape index (κ3) is 3.09. The molecule has 1 aromatic rings. The van der Waals surface area contributed by atoms with Crippen LogP contribution in [0, 0.1) is 5.92 Å². The molecule has 3 unspecified atom stereocenters. The van der Waals surface area contributed by atoms with E-state index in [1.807, 2.05) is 11.8 Å². The zero-order chi connectivity index (χ0) is 13.1. The molecule has 0 amide bonds. The maximum Gasteiger partial charge on any atom is 0.0353 e. The lowest BCUT2D eigenvalue weighted by Crippen LogP contribution is -2.38. The molecule has 104 valence electrons. The third-order valence-electron chi connectivity index (χ3n) is 4.61. The quantitative estimate of drug-likeness (QED) is 0.819. The maximum atomic E-state index is 3.79. The van der Waals surface area contributed by atoms with Crippen LogP contribution in [0.25, 0.3) is 0 Å². The normalized spacial score (nSPS) is 30.7. The fraction of sp³-hybridized carbons (Fsp3) is 0.625. The Bertz CT molecular complexity index is 415. The van der Waals surface area contributed by atoms with E-state index in [0.717, 1.165) is 12.0 Å². The Morgan fingerprint density at radius 1 is 1.21 bits per heavy atom. The first-order valence-electron chi connectivity index (χ1n) is 7.51. The third-order valence-corrected chi connectivity index (χ3v) is 5.33. The minimum Gasteiger partial charge on any atom is -0.382 e. The molecule has 1 aliphatic heterocycles. The molecule has 1 saturated heterocycles. The molecule has 19 heavy (non-hydrogen) atoms. The second-order valence-electron chi connectivity index (χ2n) is 5.78.